The number of amides is 3. The average Bonchev–Trinajstić information content (AvgIpc) is 3.16. The average molecular weight is 415 g/mol. The van der Waals surface area contributed by atoms with Crippen molar-refractivity contribution in [2.75, 3.05) is 13.7 Å². The van der Waals surface area contributed by atoms with Gasteiger partial charge in [0.1, 0.15) is 11.8 Å². The number of methoxy groups -OCH3 is 1. The molecule has 0 aliphatic carbocycles. The highest BCUT2D eigenvalue weighted by Crippen LogP contribution is 2.31. The summed E-state index contributed by atoms with van der Waals surface area (Å²) in [5, 5.41) is 2.79. The van der Waals surface area contributed by atoms with Gasteiger partial charge in [-0.15, -0.1) is 0 Å². The third-order valence-electron chi connectivity index (χ3n) is 5.27. The van der Waals surface area contributed by atoms with Crippen LogP contribution in [-0.4, -0.2) is 55.3 Å². The van der Waals surface area contributed by atoms with Gasteiger partial charge in [-0.25, -0.2) is 13.2 Å². The molecule has 4 rings (SSSR count). The largest absolute Gasteiger partial charge is 0.497 e. The first-order chi connectivity index (χ1) is 13.9. The minimum absolute atomic E-state index is 0.0817. The van der Waals surface area contributed by atoms with Crippen LogP contribution in [0.5, 0.6) is 5.75 Å². The van der Waals surface area contributed by atoms with E-state index >= 15 is 0 Å². The summed E-state index contributed by atoms with van der Waals surface area (Å²) in [6.45, 7) is 0.250. The van der Waals surface area contributed by atoms with Gasteiger partial charge in [0.2, 0.25) is 10.0 Å². The second-order valence-electron chi connectivity index (χ2n) is 6.99. The Kier molecular flexibility index (Phi) is 5.01. The molecule has 0 bridgehead atoms. The first-order valence-electron chi connectivity index (χ1n) is 9.23. The highest BCUT2D eigenvalue weighted by molar-refractivity contribution is 7.89. The lowest BCUT2D eigenvalue weighted by Crippen LogP contribution is -2.64. The molecular weight excluding hydrogens is 394 g/mol. The van der Waals surface area contributed by atoms with Gasteiger partial charge < -0.3 is 10.1 Å². The third kappa shape index (κ3) is 3.47. The Morgan fingerprint density at radius 2 is 1.76 bits per heavy atom. The zero-order valence-corrected chi connectivity index (χ0v) is 16.6. The molecule has 0 radical (unpaired) electrons. The molecule has 152 valence electrons. The Morgan fingerprint density at radius 3 is 2.41 bits per heavy atom. The van der Waals surface area contributed by atoms with Crippen LogP contribution in [0.2, 0.25) is 0 Å². The molecule has 2 atom stereocenters. The second-order valence-corrected chi connectivity index (χ2v) is 8.88. The summed E-state index contributed by atoms with van der Waals surface area (Å²) >= 11 is 0. The molecule has 3 amide bonds. The molecule has 0 spiro atoms. The number of carbonyl (C=O) groups excluding carboxylic acids is 2. The smallest absolute Gasteiger partial charge is 0.324 e. The van der Waals surface area contributed by atoms with Gasteiger partial charge in [-0.1, -0.05) is 30.3 Å². The van der Waals surface area contributed by atoms with Gasteiger partial charge in [0.05, 0.1) is 24.6 Å². The molecule has 2 aliphatic rings. The zero-order chi connectivity index (χ0) is 20.6. The van der Waals surface area contributed by atoms with Gasteiger partial charge in [-0.05, 0) is 36.2 Å². The number of sulfonamides is 1. The van der Waals surface area contributed by atoms with Crippen LogP contribution in [0.15, 0.2) is 59.5 Å². The van der Waals surface area contributed by atoms with Crippen molar-refractivity contribution in [2.45, 2.75) is 29.9 Å². The van der Waals surface area contributed by atoms with Gasteiger partial charge in [0, 0.05) is 6.54 Å². The predicted octanol–water partition coefficient (Wildman–Crippen LogP) is 1.58. The minimum atomic E-state index is -3.90. The van der Waals surface area contributed by atoms with E-state index < -0.39 is 34.0 Å². The highest BCUT2D eigenvalue weighted by Gasteiger charge is 2.51. The Balaban J connectivity index is 1.62. The van der Waals surface area contributed by atoms with Crippen molar-refractivity contribution in [3.05, 3.63) is 60.2 Å². The van der Waals surface area contributed by atoms with Crippen LogP contribution in [0.25, 0.3) is 0 Å². The monoisotopic (exact) mass is 415 g/mol. The van der Waals surface area contributed by atoms with E-state index in [9.17, 15) is 18.0 Å². The third-order valence-corrected chi connectivity index (χ3v) is 7.17. The number of urea groups is 1. The maximum Gasteiger partial charge on any atom is 0.324 e. The summed E-state index contributed by atoms with van der Waals surface area (Å²) in [6.07, 6.45) is 0.386. The lowest BCUT2D eigenvalue weighted by atomic mass is 10.1. The van der Waals surface area contributed by atoms with Gasteiger partial charge in [-0.3, -0.25) is 9.69 Å². The summed E-state index contributed by atoms with van der Waals surface area (Å²) in [7, 11) is -2.40. The Hall–Kier alpha value is -2.91. The molecular formula is C20H21N3O5S. The maximum absolute atomic E-state index is 13.2. The van der Waals surface area contributed by atoms with Crippen LogP contribution < -0.4 is 10.1 Å². The lowest BCUT2D eigenvalue weighted by molar-refractivity contribution is -0.134. The Bertz CT molecular complexity index is 1020. The number of nitrogens with zero attached hydrogens (tertiary/aromatic N) is 2. The molecule has 29 heavy (non-hydrogen) atoms. The molecule has 2 heterocycles. The molecule has 0 saturated carbocycles. The molecule has 2 aromatic carbocycles. The summed E-state index contributed by atoms with van der Waals surface area (Å²) in [4.78, 5) is 26.8. The van der Waals surface area contributed by atoms with Crippen LogP contribution in [0.3, 0.4) is 0 Å². The Labute approximate surface area is 169 Å². The summed E-state index contributed by atoms with van der Waals surface area (Å²) in [5.74, 6) is 0.0375. The fourth-order valence-electron chi connectivity index (χ4n) is 3.78. The van der Waals surface area contributed by atoms with Gasteiger partial charge in [0.25, 0.3) is 5.91 Å². The van der Waals surface area contributed by atoms with E-state index in [0.717, 1.165) is 10.5 Å². The molecule has 0 aromatic heterocycles. The van der Waals surface area contributed by atoms with E-state index in [-0.39, 0.29) is 18.0 Å². The van der Waals surface area contributed by atoms with E-state index in [1.54, 1.807) is 12.1 Å². The van der Waals surface area contributed by atoms with Gasteiger partial charge in [-0.2, -0.15) is 4.31 Å². The molecule has 9 heteroatoms. The van der Waals surface area contributed by atoms with E-state index in [1.165, 1.54) is 23.5 Å². The van der Waals surface area contributed by atoms with Crippen molar-refractivity contribution in [1.29, 1.82) is 0 Å². The highest BCUT2D eigenvalue weighted by atomic mass is 32.2. The van der Waals surface area contributed by atoms with E-state index in [2.05, 4.69) is 5.32 Å². The number of rotatable bonds is 5. The number of benzene rings is 2. The number of ether oxygens (including phenoxy) is 1. The standard InChI is InChI=1S/C20H21N3O5S/c1-28-15-7-9-16(10-8-15)29(26,27)23-12-11-17-18(23)19(24)22(20(25)21-17)13-14-5-3-2-4-6-14/h2-10,17-18H,11-13H2,1H3,(H,21,25). The topological polar surface area (TPSA) is 96.0 Å². The van der Waals surface area contributed by atoms with Crippen LogP contribution in [0, 0.1) is 0 Å². The van der Waals surface area contributed by atoms with Crippen LogP contribution in [0.4, 0.5) is 4.79 Å². The number of imide groups is 1. The summed E-state index contributed by atoms with van der Waals surface area (Å²) in [5.41, 5.74) is 0.789. The van der Waals surface area contributed by atoms with Crippen molar-refractivity contribution in [3.63, 3.8) is 0 Å². The molecule has 8 nitrogen and oxygen atoms in total. The fraction of sp³-hybridized carbons (Fsp3) is 0.300. The molecule has 2 fully saturated rings. The van der Waals surface area contributed by atoms with E-state index in [4.69, 9.17) is 4.74 Å². The van der Waals surface area contributed by atoms with Crippen molar-refractivity contribution in [2.24, 2.45) is 0 Å². The predicted molar refractivity (Wildman–Crippen MR) is 105 cm³/mol. The first kappa shape index (κ1) is 19.4. The van der Waals surface area contributed by atoms with Crippen molar-refractivity contribution in [3.8, 4) is 5.75 Å². The number of hydrogen-bond acceptors (Lipinski definition) is 5. The van der Waals surface area contributed by atoms with Crippen molar-refractivity contribution in [1.82, 2.24) is 14.5 Å². The van der Waals surface area contributed by atoms with Gasteiger partial charge in [0.15, 0.2) is 0 Å². The van der Waals surface area contributed by atoms with Crippen molar-refractivity contribution < 1.29 is 22.7 Å². The molecule has 2 aromatic rings. The maximum atomic E-state index is 13.2. The van der Waals surface area contributed by atoms with Crippen LogP contribution >= 0.6 is 0 Å². The molecule has 2 aliphatic heterocycles. The minimum Gasteiger partial charge on any atom is -0.497 e. The number of hydrogen-bond donors (Lipinski definition) is 1. The summed E-state index contributed by atoms with van der Waals surface area (Å²) < 4.78 is 32.6. The quantitative estimate of drug-likeness (QED) is 0.800. The lowest BCUT2D eigenvalue weighted by Gasteiger charge is -2.36. The Morgan fingerprint density at radius 1 is 1.07 bits per heavy atom. The summed E-state index contributed by atoms with van der Waals surface area (Å²) in [6, 6.07) is 13.2. The molecule has 1 N–H and O–H groups in total. The number of carbonyl (C=O) groups is 2. The normalized spacial score (nSPS) is 22.3. The van der Waals surface area contributed by atoms with Gasteiger partial charge >= 0.3 is 6.03 Å². The second kappa shape index (κ2) is 7.49. The van der Waals surface area contributed by atoms with E-state index in [1.807, 2.05) is 30.3 Å². The zero-order valence-electron chi connectivity index (χ0n) is 15.8. The van der Waals surface area contributed by atoms with E-state index in [0.29, 0.717) is 12.2 Å². The fourth-order valence-corrected chi connectivity index (χ4v) is 5.41. The van der Waals surface area contributed by atoms with Crippen LogP contribution in [-0.2, 0) is 21.4 Å². The molecule has 2 unspecified atom stereocenters. The molecule has 2 saturated heterocycles. The first-order valence-corrected chi connectivity index (χ1v) is 10.7. The SMILES string of the molecule is COc1ccc(S(=O)(=O)N2CCC3NC(=O)N(Cc4ccccc4)C(=O)C32)cc1. The van der Waals surface area contributed by atoms with Crippen LogP contribution in [0.1, 0.15) is 12.0 Å². The number of nitrogens with one attached hydrogen (secondary N) is 1. The van der Waals surface area contributed by atoms with Crippen molar-refractivity contribution >= 4 is 22.0 Å². The number of fused-ring (bicyclic) bond motifs is 1.